The number of fused-ring (bicyclic) bond motifs is 1. The maximum atomic E-state index is 13.4. The molecule has 0 radical (unpaired) electrons. The van der Waals surface area contributed by atoms with Gasteiger partial charge in [0.15, 0.2) is 0 Å². The predicted molar refractivity (Wildman–Crippen MR) is 167 cm³/mol. The molecule has 0 bridgehead atoms. The van der Waals surface area contributed by atoms with E-state index in [2.05, 4.69) is 26.6 Å². The van der Waals surface area contributed by atoms with Crippen LogP contribution in [0.4, 0.5) is 4.39 Å². The first-order valence-corrected chi connectivity index (χ1v) is 15.2. The number of nitrogens with two attached hydrogens (primary N) is 1. The standard InChI is InChI=1S/C32H41FN6O8/c1-18(2)28-32(45)36-19(3)17-47-25-7-5-4-6-22(25)29(42)38-24(16-27(41)37-23(31(44)39-28)12-13-26(34)40)30(43)35-14-15-46-21-10-8-20(33)9-11-21/h4-11,18-19,23-24,28H,12-17H2,1-3H3,(H2,34,40)(H,35,43)(H,36,45)(H,37,41)(H,38,42)(H,39,44)/t19-,23-,24-,28+/m0/s1. The van der Waals surface area contributed by atoms with Crippen LogP contribution in [-0.4, -0.2) is 79.4 Å². The molecule has 3 rings (SSSR count). The molecule has 0 unspecified atom stereocenters. The Morgan fingerprint density at radius 3 is 2.38 bits per heavy atom. The van der Waals surface area contributed by atoms with Gasteiger partial charge < -0.3 is 41.8 Å². The van der Waals surface area contributed by atoms with Crippen LogP contribution in [-0.2, 0) is 24.0 Å². The van der Waals surface area contributed by atoms with Gasteiger partial charge in [0.2, 0.25) is 29.5 Å². The number of para-hydroxylation sites is 1. The van der Waals surface area contributed by atoms with Gasteiger partial charge in [0.1, 0.15) is 48.7 Å². The van der Waals surface area contributed by atoms with E-state index in [0.29, 0.717) is 5.75 Å². The van der Waals surface area contributed by atoms with Crippen LogP contribution in [0.15, 0.2) is 48.5 Å². The third kappa shape index (κ3) is 11.6. The molecule has 254 valence electrons. The van der Waals surface area contributed by atoms with Gasteiger partial charge in [-0.15, -0.1) is 0 Å². The lowest BCUT2D eigenvalue weighted by molar-refractivity contribution is -0.134. The minimum Gasteiger partial charge on any atom is -0.492 e. The van der Waals surface area contributed by atoms with Crippen molar-refractivity contribution in [3.05, 3.63) is 59.9 Å². The maximum Gasteiger partial charge on any atom is 0.255 e. The Bertz CT molecular complexity index is 1440. The average Bonchev–Trinajstić information content (AvgIpc) is 3.02. The second kappa shape index (κ2) is 17.5. The third-order valence-corrected chi connectivity index (χ3v) is 7.08. The molecule has 14 nitrogen and oxygen atoms in total. The van der Waals surface area contributed by atoms with Gasteiger partial charge in [-0.3, -0.25) is 28.8 Å². The molecule has 0 aromatic heterocycles. The van der Waals surface area contributed by atoms with Crippen molar-refractivity contribution < 1.29 is 42.6 Å². The number of carbonyl (C=O) groups is 6. The molecule has 47 heavy (non-hydrogen) atoms. The summed E-state index contributed by atoms with van der Waals surface area (Å²) in [4.78, 5) is 78.0. The highest BCUT2D eigenvalue weighted by molar-refractivity contribution is 6.01. The largest absolute Gasteiger partial charge is 0.492 e. The topological polar surface area (TPSA) is 207 Å². The first-order chi connectivity index (χ1) is 22.3. The fraction of sp³-hybridized carbons (Fsp3) is 0.438. The van der Waals surface area contributed by atoms with E-state index in [1.807, 2.05) is 0 Å². The van der Waals surface area contributed by atoms with Crippen molar-refractivity contribution in [1.82, 2.24) is 26.6 Å². The molecule has 15 heteroatoms. The molecule has 0 fully saturated rings. The summed E-state index contributed by atoms with van der Waals surface area (Å²) in [5.74, 6) is -4.45. The highest BCUT2D eigenvalue weighted by atomic mass is 19.1. The Kier molecular flexibility index (Phi) is 13.5. The SMILES string of the molecule is CC(C)[C@H]1NC(=O)[C@H](CCC(N)=O)NC(=O)C[C@@H](C(=O)NCCOc2ccc(F)cc2)NC(=O)c2ccccc2OC[C@H](C)NC1=O. The van der Waals surface area contributed by atoms with E-state index >= 15 is 0 Å². The smallest absolute Gasteiger partial charge is 0.255 e. The van der Waals surface area contributed by atoms with Crippen molar-refractivity contribution in [2.75, 3.05) is 19.8 Å². The van der Waals surface area contributed by atoms with E-state index in [9.17, 15) is 33.2 Å². The van der Waals surface area contributed by atoms with E-state index in [1.165, 1.54) is 30.3 Å². The van der Waals surface area contributed by atoms with Gasteiger partial charge in [0.05, 0.1) is 24.6 Å². The summed E-state index contributed by atoms with van der Waals surface area (Å²) in [5.41, 5.74) is 5.36. The first-order valence-electron chi connectivity index (χ1n) is 15.2. The van der Waals surface area contributed by atoms with Crippen LogP contribution in [0.5, 0.6) is 11.5 Å². The van der Waals surface area contributed by atoms with E-state index in [4.69, 9.17) is 15.2 Å². The van der Waals surface area contributed by atoms with E-state index in [1.54, 1.807) is 39.0 Å². The molecule has 0 aliphatic carbocycles. The Morgan fingerprint density at radius 2 is 1.70 bits per heavy atom. The number of halogens is 1. The molecule has 7 N–H and O–H groups in total. The van der Waals surface area contributed by atoms with Crippen LogP contribution < -0.4 is 41.8 Å². The fourth-order valence-electron chi connectivity index (χ4n) is 4.59. The second-order valence-electron chi connectivity index (χ2n) is 11.4. The van der Waals surface area contributed by atoms with Crippen LogP contribution in [0.25, 0.3) is 0 Å². The van der Waals surface area contributed by atoms with Crippen LogP contribution >= 0.6 is 0 Å². The molecule has 2 aromatic carbocycles. The Labute approximate surface area is 271 Å². The molecular formula is C32H41FN6O8. The molecule has 1 aliphatic rings. The third-order valence-electron chi connectivity index (χ3n) is 7.08. The second-order valence-corrected chi connectivity index (χ2v) is 11.4. The molecule has 0 saturated carbocycles. The molecule has 0 saturated heterocycles. The van der Waals surface area contributed by atoms with E-state index < -0.39 is 71.8 Å². The lowest BCUT2D eigenvalue weighted by Crippen LogP contribution is -2.57. The molecule has 2 aromatic rings. The van der Waals surface area contributed by atoms with Crippen molar-refractivity contribution in [2.45, 2.75) is 64.2 Å². The number of hydrogen-bond acceptors (Lipinski definition) is 8. The van der Waals surface area contributed by atoms with Crippen molar-refractivity contribution in [2.24, 2.45) is 11.7 Å². The maximum absolute atomic E-state index is 13.4. The van der Waals surface area contributed by atoms with E-state index in [0.717, 1.165) is 0 Å². The van der Waals surface area contributed by atoms with Crippen LogP contribution in [0.2, 0.25) is 0 Å². The van der Waals surface area contributed by atoms with Crippen molar-refractivity contribution >= 4 is 35.4 Å². The summed E-state index contributed by atoms with van der Waals surface area (Å²) in [6.45, 7) is 5.08. The monoisotopic (exact) mass is 656 g/mol. The lowest BCUT2D eigenvalue weighted by atomic mass is 10.0. The zero-order chi connectivity index (χ0) is 34.5. The number of nitrogens with one attached hydrogen (secondary N) is 5. The summed E-state index contributed by atoms with van der Waals surface area (Å²) in [6, 6.07) is 7.30. The molecular weight excluding hydrogens is 615 g/mol. The van der Waals surface area contributed by atoms with Crippen LogP contribution in [0, 0.1) is 11.7 Å². The molecule has 1 aliphatic heterocycles. The predicted octanol–water partition coefficient (Wildman–Crippen LogP) is 0.298. The van der Waals surface area contributed by atoms with Crippen LogP contribution in [0.3, 0.4) is 0 Å². The highest BCUT2D eigenvalue weighted by Crippen LogP contribution is 2.19. The highest BCUT2D eigenvalue weighted by Gasteiger charge is 2.32. The number of rotatable bonds is 9. The fourth-order valence-corrected chi connectivity index (χ4v) is 4.59. The molecule has 1 heterocycles. The summed E-state index contributed by atoms with van der Waals surface area (Å²) < 4.78 is 24.5. The number of benzene rings is 2. The summed E-state index contributed by atoms with van der Waals surface area (Å²) >= 11 is 0. The number of carbonyl (C=O) groups excluding carboxylic acids is 6. The van der Waals surface area contributed by atoms with Gasteiger partial charge in [-0.25, -0.2) is 4.39 Å². The quantitative estimate of drug-likeness (QED) is 0.207. The number of ether oxygens (including phenoxy) is 2. The Hall–Kier alpha value is -5.21. The number of hydrogen-bond donors (Lipinski definition) is 6. The minimum atomic E-state index is -1.41. The molecule has 4 atom stereocenters. The number of amides is 6. The zero-order valence-electron chi connectivity index (χ0n) is 26.5. The lowest BCUT2D eigenvalue weighted by Gasteiger charge is -2.26. The van der Waals surface area contributed by atoms with Crippen LogP contribution in [0.1, 0.15) is 50.4 Å². The number of primary amides is 1. The molecule has 6 amide bonds. The summed E-state index contributed by atoms with van der Waals surface area (Å²) in [5, 5.41) is 13.1. The first kappa shape index (κ1) is 36.3. The van der Waals surface area contributed by atoms with Crippen molar-refractivity contribution in [1.29, 1.82) is 0 Å². The van der Waals surface area contributed by atoms with Crippen molar-refractivity contribution in [3.63, 3.8) is 0 Å². The van der Waals surface area contributed by atoms with Gasteiger partial charge in [-0.05, 0) is 55.7 Å². The van der Waals surface area contributed by atoms with Gasteiger partial charge in [-0.2, -0.15) is 0 Å². The summed E-state index contributed by atoms with van der Waals surface area (Å²) in [6.07, 6.45) is -1.03. The average molecular weight is 657 g/mol. The van der Waals surface area contributed by atoms with Gasteiger partial charge in [-0.1, -0.05) is 26.0 Å². The van der Waals surface area contributed by atoms with Gasteiger partial charge >= 0.3 is 0 Å². The minimum absolute atomic E-state index is 0.00176. The normalized spacial score (nSPS) is 21.1. The van der Waals surface area contributed by atoms with Crippen molar-refractivity contribution in [3.8, 4) is 11.5 Å². The van der Waals surface area contributed by atoms with Gasteiger partial charge in [0, 0.05) is 6.42 Å². The van der Waals surface area contributed by atoms with Gasteiger partial charge in [0.25, 0.3) is 5.91 Å². The summed E-state index contributed by atoms with van der Waals surface area (Å²) in [7, 11) is 0. The Morgan fingerprint density at radius 1 is 1.00 bits per heavy atom. The molecule has 0 spiro atoms. The Balaban J connectivity index is 1.87. The van der Waals surface area contributed by atoms with E-state index in [-0.39, 0.29) is 49.8 Å². The zero-order valence-corrected chi connectivity index (χ0v) is 26.5.